The van der Waals surface area contributed by atoms with Gasteiger partial charge in [0, 0.05) is 44.6 Å². The predicted molar refractivity (Wildman–Crippen MR) is 97.5 cm³/mol. The summed E-state index contributed by atoms with van der Waals surface area (Å²) in [5.41, 5.74) is 10.4. The Bertz CT molecular complexity index is 635. The summed E-state index contributed by atoms with van der Waals surface area (Å²) in [7, 11) is 4.22. The number of benzene rings is 1. The van der Waals surface area contributed by atoms with Crippen molar-refractivity contribution in [3.8, 4) is 0 Å². The fourth-order valence-electron chi connectivity index (χ4n) is 3.63. The van der Waals surface area contributed by atoms with Crippen LogP contribution in [0, 0.1) is 0 Å². The van der Waals surface area contributed by atoms with Crippen LogP contribution >= 0.6 is 0 Å². The number of nitrogens with two attached hydrogens (primary N) is 1. The molecule has 1 aliphatic heterocycles. The molecule has 0 saturated carbocycles. The van der Waals surface area contributed by atoms with E-state index in [1.165, 1.54) is 29.5 Å². The largest absolute Gasteiger partial charge is 0.337 e. The van der Waals surface area contributed by atoms with E-state index in [9.17, 15) is 0 Å². The summed E-state index contributed by atoms with van der Waals surface area (Å²) in [6.45, 7) is 4.86. The van der Waals surface area contributed by atoms with Gasteiger partial charge in [-0.25, -0.2) is 4.98 Å². The summed E-state index contributed by atoms with van der Waals surface area (Å²) in [4.78, 5) is 8.84. The van der Waals surface area contributed by atoms with Gasteiger partial charge in [0.2, 0.25) is 0 Å². The van der Waals surface area contributed by atoms with Crippen LogP contribution in [0.3, 0.4) is 0 Å². The van der Waals surface area contributed by atoms with E-state index in [0.717, 1.165) is 26.2 Å². The van der Waals surface area contributed by atoms with E-state index < -0.39 is 0 Å². The number of rotatable bonds is 8. The number of unbranched alkanes of at least 4 members (excludes halogenated alkanes) is 1. The molecule has 3 rings (SSSR count). The van der Waals surface area contributed by atoms with E-state index >= 15 is 0 Å². The van der Waals surface area contributed by atoms with E-state index in [2.05, 4.69) is 51.6 Å². The average molecular weight is 327 g/mol. The summed E-state index contributed by atoms with van der Waals surface area (Å²) >= 11 is 0. The molecule has 0 amide bonds. The maximum Gasteiger partial charge on any atom is 0.0945 e. The van der Waals surface area contributed by atoms with Gasteiger partial charge in [-0.05, 0) is 50.2 Å². The molecule has 0 bridgehead atoms. The van der Waals surface area contributed by atoms with Crippen molar-refractivity contribution < 1.29 is 0 Å². The molecule has 1 aliphatic rings. The Hall–Kier alpha value is -1.69. The van der Waals surface area contributed by atoms with E-state index in [0.29, 0.717) is 12.6 Å². The number of hydrogen-bond acceptors (Lipinski definition) is 4. The minimum absolute atomic E-state index is 0.371. The molecule has 2 aromatic rings. The van der Waals surface area contributed by atoms with Crippen LogP contribution < -0.4 is 5.73 Å². The summed E-state index contributed by atoms with van der Waals surface area (Å²) < 4.78 is 2.15. The van der Waals surface area contributed by atoms with Gasteiger partial charge in [0.1, 0.15) is 0 Å². The zero-order chi connectivity index (χ0) is 16.9. The van der Waals surface area contributed by atoms with E-state index in [-0.39, 0.29) is 0 Å². The summed E-state index contributed by atoms with van der Waals surface area (Å²) in [6.07, 6.45) is 8.12. The molecular formula is C19H29N5. The molecule has 2 N–H and O–H groups in total. The third-order valence-electron chi connectivity index (χ3n) is 4.78. The smallest absolute Gasteiger partial charge is 0.0945 e. The first-order chi connectivity index (χ1) is 11.7. The number of fused-ring (bicyclic) bond motifs is 1. The molecule has 1 aromatic heterocycles. The molecule has 0 aliphatic carbocycles. The molecule has 1 unspecified atom stereocenters. The van der Waals surface area contributed by atoms with Crippen LogP contribution in [0.15, 0.2) is 36.9 Å². The van der Waals surface area contributed by atoms with Crippen LogP contribution in [-0.2, 0) is 19.6 Å². The predicted octanol–water partition coefficient (Wildman–Crippen LogP) is 2.24. The van der Waals surface area contributed by atoms with Crippen LogP contribution in [0.2, 0.25) is 0 Å². The molecule has 0 saturated heterocycles. The number of aryl methyl sites for hydroxylation is 1. The molecule has 0 fully saturated rings. The highest BCUT2D eigenvalue weighted by Gasteiger charge is 2.28. The topological polar surface area (TPSA) is 50.3 Å². The zero-order valence-electron chi connectivity index (χ0n) is 14.9. The lowest BCUT2D eigenvalue weighted by Gasteiger charge is -2.24. The Labute approximate surface area is 145 Å². The van der Waals surface area contributed by atoms with Crippen molar-refractivity contribution >= 4 is 0 Å². The summed E-state index contributed by atoms with van der Waals surface area (Å²) in [5.74, 6) is 0. The summed E-state index contributed by atoms with van der Waals surface area (Å²) in [6, 6.07) is 7.28. The van der Waals surface area contributed by atoms with Gasteiger partial charge in [0.25, 0.3) is 0 Å². The number of nitrogens with zero attached hydrogens (tertiary/aromatic N) is 4. The second-order valence-corrected chi connectivity index (χ2v) is 7.00. The Morgan fingerprint density at radius 1 is 1.25 bits per heavy atom. The van der Waals surface area contributed by atoms with Crippen LogP contribution in [-0.4, -0.2) is 46.5 Å². The van der Waals surface area contributed by atoms with Crippen molar-refractivity contribution in [2.24, 2.45) is 5.73 Å². The third kappa shape index (κ3) is 4.04. The molecule has 0 radical (unpaired) electrons. The molecule has 1 atom stereocenters. The van der Waals surface area contributed by atoms with Crippen LogP contribution in [0.4, 0.5) is 0 Å². The maximum atomic E-state index is 6.11. The summed E-state index contributed by atoms with van der Waals surface area (Å²) in [5, 5.41) is 0. The lowest BCUT2D eigenvalue weighted by atomic mass is 10.0. The van der Waals surface area contributed by atoms with Gasteiger partial charge in [-0.2, -0.15) is 0 Å². The highest BCUT2D eigenvalue weighted by molar-refractivity contribution is 5.38. The first kappa shape index (κ1) is 17.1. The molecule has 2 heterocycles. The SMILES string of the molecule is CN(C)Cc1ccc2c(c1)C(CN)N(CCCCn1ccnc1)C2. The van der Waals surface area contributed by atoms with Gasteiger partial charge >= 0.3 is 0 Å². The standard InChI is InChI=1S/C19H29N5/c1-22(2)13-16-5-6-17-14-24(19(12-20)18(17)11-16)9-4-3-8-23-10-7-21-15-23/h5-7,10-11,15,19H,3-4,8-9,12-14,20H2,1-2H3. The molecule has 5 heteroatoms. The number of imidazole rings is 1. The van der Waals surface area contributed by atoms with Gasteiger partial charge in [0.05, 0.1) is 6.33 Å². The highest BCUT2D eigenvalue weighted by Crippen LogP contribution is 2.34. The second kappa shape index (κ2) is 7.92. The van der Waals surface area contributed by atoms with Crippen LogP contribution in [0.25, 0.3) is 0 Å². The maximum absolute atomic E-state index is 6.11. The number of aromatic nitrogens is 2. The Morgan fingerprint density at radius 2 is 2.08 bits per heavy atom. The van der Waals surface area contributed by atoms with Crippen LogP contribution in [0.5, 0.6) is 0 Å². The highest BCUT2D eigenvalue weighted by atomic mass is 15.2. The van der Waals surface area contributed by atoms with E-state index in [1.54, 1.807) is 0 Å². The first-order valence-corrected chi connectivity index (χ1v) is 8.83. The second-order valence-electron chi connectivity index (χ2n) is 7.00. The quantitative estimate of drug-likeness (QED) is 0.756. The molecule has 0 spiro atoms. The molecule has 24 heavy (non-hydrogen) atoms. The van der Waals surface area contributed by atoms with E-state index in [1.807, 2.05) is 18.7 Å². The van der Waals surface area contributed by atoms with Gasteiger partial charge < -0.3 is 15.2 Å². The monoisotopic (exact) mass is 327 g/mol. The number of hydrogen-bond donors (Lipinski definition) is 1. The van der Waals surface area contributed by atoms with Gasteiger partial charge in [-0.15, -0.1) is 0 Å². The van der Waals surface area contributed by atoms with Crippen molar-refractivity contribution in [3.05, 3.63) is 53.6 Å². The van der Waals surface area contributed by atoms with Crippen molar-refractivity contribution in [2.75, 3.05) is 27.2 Å². The van der Waals surface area contributed by atoms with Gasteiger partial charge in [-0.3, -0.25) is 4.90 Å². The molecular weight excluding hydrogens is 298 g/mol. The Balaban J connectivity index is 1.57. The van der Waals surface area contributed by atoms with Crippen molar-refractivity contribution in [1.82, 2.24) is 19.4 Å². The zero-order valence-corrected chi connectivity index (χ0v) is 14.9. The minimum atomic E-state index is 0.371. The van der Waals surface area contributed by atoms with E-state index in [4.69, 9.17) is 5.73 Å². The average Bonchev–Trinajstić information content (AvgIpc) is 3.17. The minimum Gasteiger partial charge on any atom is -0.337 e. The van der Waals surface area contributed by atoms with Gasteiger partial charge in [0.15, 0.2) is 0 Å². The lowest BCUT2D eigenvalue weighted by Crippen LogP contribution is -2.29. The normalized spacial score (nSPS) is 17.6. The van der Waals surface area contributed by atoms with Crippen molar-refractivity contribution in [3.63, 3.8) is 0 Å². The van der Waals surface area contributed by atoms with Crippen molar-refractivity contribution in [1.29, 1.82) is 0 Å². The third-order valence-corrected chi connectivity index (χ3v) is 4.78. The van der Waals surface area contributed by atoms with Gasteiger partial charge in [-0.1, -0.05) is 18.2 Å². The fourth-order valence-corrected chi connectivity index (χ4v) is 3.63. The first-order valence-electron chi connectivity index (χ1n) is 8.83. The van der Waals surface area contributed by atoms with Crippen LogP contribution in [0.1, 0.15) is 35.6 Å². The lowest BCUT2D eigenvalue weighted by molar-refractivity contribution is 0.214. The van der Waals surface area contributed by atoms with Crippen molar-refractivity contribution in [2.45, 2.75) is 38.5 Å². The Morgan fingerprint density at radius 3 is 2.79 bits per heavy atom. The Kier molecular flexibility index (Phi) is 5.66. The molecule has 130 valence electrons. The molecule has 1 aromatic carbocycles. The molecule has 5 nitrogen and oxygen atoms in total. The fraction of sp³-hybridized carbons (Fsp3) is 0.526.